The molecule has 1 amide bonds. The van der Waals surface area contributed by atoms with Gasteiger partial charge >= 0.3 is 0 Å². The number of anilines is 1. The van der Waals surface area contributed by atoms with Gasteiger partial charge in [-0.2, -0.15) is 0 Å². The van der Waals surface area contributed by atoms with E-state index in [1.807, 2.05) is 35.7 Å². The molecule has 0 aliphatic rings. The predicted octanol–water partition coefficient (Wildman–Crippen LogP) is 4.51. The van der Waals surface area contributed by atoms with Gasteiger partial charge in [0.1, 0.15) is 0 Å². The second-order valence-corrected chi connectivity index (χ2v) is 6.76. The summed E-state index contributed by atoms with van der Waals surface area (Å²) in [5, 5.41) is 2.72. The summed E-state index contributed by atoms with van der Waals surface area (Å²) in [6, 6.07) is 13.5. The molecule has 0 atom stereocenters. The molecule has 0 unspecified atom stereocenters. The highest BCUT2D eigenvalue weighted by molar-refractivity contribution is 7.14. The average molecular weight is 337 g/mol. The van der Waals surface area contributed by atoms with Crippen LogP contribution in [0.1, 0.15) is 24.2 Å². The van der Waals surface area contributed by atoms with Crippen LogP contribution in [0.5, 0.6) is 0 Å². The summed E-state index contributed by atoms with van der Waals surface area (Å²) in [5.41, 5.74) is 2.58. The molecule has 0 N–H and O–H groups in total. The van der Waals surface area contributed by atoms with Gasteiger partial charge in [-0.05, 0) is 18.1 Å². The molecular formula is C19H19N3OS. The third-order valence-electron chi connectivity index (χ3n) is 3.51. The van der Waals surface area contributed by atoms with Crippen LogP contribution >= 0.6 is 11.3 Å². The van der Waals surface area contributed by atoms with Crippen LogP contribution in [0.15, 0.2) is 60.2 Å². The monoisotopic (exact) mass is 337 g/mol. The van der Waals surface area contributed by atoms with Crippen molar-refractivity contribution in [3.63, 3.8) is 0 Å². The summed E-state index contributed by atoms with van der Waals surface area (Å²) >= 11 is 1.50. The molecule has 0 spiro atoms. The molecule has 2 heterocycles. The maximum Gasteiger partial charge on any atom is 0.260 e. The molecule has 0 aliphatic heterocycles. The third-order valence-corrected chi connectivity index (χ3v) is 4.38. The lowest BCUT2D eigenvalue weighted by Gasteiger charge is -2.22. The molecule has 0 fully saturated rings. The van der Waals surface area contributed by atoms with Crippen molar-refractivity contribution in [3.05, 3.63) is 65.8 Å². The number of rotatable bonds is 5. The zero-order valence-corrected chi connectivity index (χ0v) is 14.5. The Bertz CT molecular complexity index is 800. The Kier molecular flexibility index (Phi) is 5.01. The number of hydrogen-bond donors (Lipinski definition) is 0. The smallest absolute Gasteiger partial charge is 0.260 e. The zero-order chi connectivity index (χ0) is 16.9. The molecule has 122 valence electrons. The lowest BCUT2D eigenvalue weighted by molar-refractivity contribution is 0.0983. The predicted molar refractivity (Wildman–Crippen MR) is 98.3 cm³/mol. The standard InChI is InChI=1S/C19H19N3OS/c1-14(2)12-22(18(23)16-8-10-20-11-9-16)19-21-17(13-24-19)15-6-4-3-5-7-15/h3-11,13-14H,12H2,1-2H3. The van der Waals surface area contributed by atoms with Crippen molar-refractivity contribution in [2.45, 2.75) is 13.8 Å². The van der Waals surface area contributed by atoms with E-state index in [9.17, 15) is 4.79 Å². The lowest BCUT2D eigenvalue weighted by atomic mass is 10.2. The molecule has 0 radical (unpaired) electrons. The molecule has 0 bridgehead atoms. The number of hydrogen-bond acceptors (Lipinski definition) is 4. The fourth-order valence-electron chi connectivity index (χ4n) is 2.39. The molecule has 2 aromatic heterocycles. The minimum atomic E-state index is -0.0416. The van der Waals surface area contributed by atoms with E-state index in [0.717, 1.165) is 16.4 Å². The number of carbonyl (C=O) groups excluding carboxylic acids is 1. The van der Waals surface area contributed by atoms with Gasteiger partial charge in [0.2, 0.25) is 0 Å². The van der Waals surface area contributed by atoms with E-state index in [-0.39, 0.29) is 5.91 Å². The highest BCUT2D eigenvalue weighted by Gasteiger charge is 2.21. The molecule has 24 heavy (non-hydrogen) atoms. The Balaban J connectivity index is 1.92. The highest BCUT2D eigenvalue weighted by Crippen LogP contribution is 2.28. The molecule has 1 aromatic carbocycles. The Morgan fingerprint density at radius 3 is 2.50 bits per heavy atom. The zero-order valence-electron chi connectivity index (χ0n) is 13.7. The summed E-state index contributed by atoms with van der Waals surface area (Å²) in [6.45, 7) is 4.82. The summed E-state index contributed by atoms with van der Waals surface area (Å²) in [5.74, 6) is 0.305. The highest BCUT2D eigenvalue weighted by atomic mass is 32.1. The van der Waals surface area contributed by atoms with Gasteiger partial charge in [-0.1, -0.05) is 44.2 Å². The average Bonchev–Trinajstić information content (AvgIpc) is 3.10. The van der Waals surface area contributed by atoms with Gasteiger partial charge in [-0.15, -0.1) is 11.3 Å². The summed E-state index contributed by atoms with van der Waals surface area (Å²) in [6.07, 6.45) is 3.27. The van der Waals surface area contributed by atoms with Crippen LogP contribution in [0.3, 0.4) is 0 Å². The topological polar surface area (TPSA) is 46.1 Å². The van der Waals surface area contributed by atoms with Gasteiger partial charge in [0.15, 0.2) is 5.13 Å². The van der Waals surface area contributed by atoms with Gasteiger partial charge in [0.05, 0.1) is 5.69 Å². The molecule has 0 saturated heterocycles. The first-order valence-electron chi connectivity index (χ1n) is 7.88. The largest absolute Gasteiger partial charge is 0.284 e. The van der Waals surface area contributed by atoms with Crippen molar-refractivity contribution in [2.75, 3.05) is 11.4 Å². The van der Waals surface area contributed by atoms with Gasteiger partial charge in [0, 0.05) is 35.4 Å². The van der Waals surface area contributed by atoms with Crippen molar-refractivity contribution in [1.29, 1.82) is 0 Å². The van der Waals surface area contributed by atoms with Crippen LogP contribution in [0.25, 0.3) is 11.3 Å². The van der Waals surface area contributed by atoms with Crippen molar-refractivity contribution in [3.8, 4) is 11.3 Å². The SMILES string of the molecule is CC(C)CN(C(=O)c1ccncc1)c1nc(-c2ccccc2)cs1. The maximum atomic E-state index is 12.9. The Hall–Kier alpha value is -2.53. The van der Waals surface area contributed by atoms with Gasteiger partial charge in [0.25, 0.3) is 5.91 Å². The van der Waals surface area contributed by atoms with E-state index in [4.69, 9.17) is 0 Å². The fourth-order valence-corrected chi connectivity index (χ4v) is 3.23. The molecule has 5 heteroatoms. The molecule has 3 rings (SSSR count). The van der Waals surface area contributed by atoms with E-state index >= 15 is 0 Å². The van der Waals surface area contributed by atoms with E-state index in [1.165, 1.54) is 11.3 Å². The second kappa shape index (κ2) is 7.36. The fraction of sp³-hybridized carbons (Fsp3) is 0.211. The molecule has 4 nitrogen and oxygen atoms in total. The first-order valence-corrected chi connectivity index (χ1v) is 8.76. The van der Waals surface area contributed by atoms with Crippen molar-refractivity contribution in [2.24, 2.45) is 5.92 Å². The minimum absolute atomic E-state index is 0.0416. The normalized spacial score (nSPS) is 10.8. The van der Waals surface area contributed by atoms with E-state index in [0.29, 0.717) is 18.0 Å². The molecule has 0 aliphatic carbocycles. The van der Waals surface area contributed by atoms with E-state index < -0.39 is 0 Å². The number of benzene rings is 1. The molecular weight excluding hydrogens is 318 g/mol. The summed E-state index contributed by atoms with van der Waals surface area (Å²) in [4.78, 5) is 23.3. The number of amides is 1. The lowest BCUT2D eigenvalue weighted by Crippen LogP contribution is -2.34. The van der Waals surface area contributed by atoms with Gasteiger partial charge in [-0.25, -0.2) is 4.98 Å². The maximum absolute atomic E-state index is 12.9. The summed E-state index contributed by atoms with van der Waals surface area (Å²) < 4.78 is 0. The van der Waals surface area contributed by atoms with Crippen LogP contribution in [0.4, 0.5) is 5.13 Å². The van der Waals surface area contributed by atoms with E-state index in [1.54, 1.807) is 29.4 Å². The Morgan fingerprint density at radius 2 is 1.83 bits per heavy atom. The number of thiazole rings is 1. The second-order valence-electron chi connectivity index (χ2n) is 5.93. The van der Waals surface area contributed by atoms with Gasteiger partial charge < -0.3 is 0 Å². The Labute approximate surface area is 145 Å². The van der Waals surface area contributed by atoms with E-state index in [2.05, 4.69) is 23.8 Å². The van der Waals surface area contributed by atoms with Crippen LogP contribution < -0.4 is 4.90 Å². The van der Waals surface area contributed by atoms with Crippen LogP contribution in [0, 0.1) is 5.92 Å². The summed E-state index contributed by atoms with van der Waals surface area (Å²) in [7, 11) is 0. The van der Waals surface area contributed by atoms with Crippen LogP contribution in [-0.4, -0.2) is 22.4 Å². The van der Waals surface area contributed by atoms with Crippen molar-refractivity contribution < 1.29 is 4.79 Å². The Morgan fingerprint density at radius 1 is 1.12 bits per heavy atom. The van der Waals surface area contributed by atoms with Crippen LogP contribution in [-0.2, 0) is 0 Å². The van der Waals surface area contributed by atoms with Crippen molar-refractivity contribution in [1.82, 2.24) is 9.97 Å². The third kappa shape index (κ3) is 3.68. The number of pyridine rings is 1. The number of nitrogens with zero attached hydrogens (tertiary/aromatic N) is 3. The quantitative estimate of drug-likeness (QED) is 0.688. The first kappa shape index (κ1) is 16.3. The molecule has 3 aromatic rings. The molecule has 0 saturated carbocycles. The first-order chi connectivity index (χ1) is 11.6. The van der Waals surface area contributed by atoms with Gasteiger partial charge in [-0.3, -0.25) is 14.7 Å². The number of carbonyl (C=O) groups is 1. The number of aromatic nitrogens is 2. The minimum Gasteiger partial charge on any atom is -0.284 e. The van der Waals surface area contributed by atoms with Crippen LogP contribution in [0.2, 0.25) is 0 Å². The van der Waals surface area contributed by atoms with Crippen molar-refractivity contribution >= 4 is 22.4 Å².